The maximum Gasteiger partial charge on any atom is 0.694 e. The molecule has 0 fully saturated rings. The molecule has 13 heavy (non-hydrogen) atoms. The summed E-state index contributed by atoms with van der Waals surface area (Å²) in [5, 5.41) is 0. The van der Waals surface area contributed by atoms with Gasteiger partial charge in [0.05, 0.1) is 0 Å². The van der Waals surface area contributed by atoms with Crippen LogP contribution in [-0.4, -0.2) is 23.0 Å². The van der Waals surface area contributed by atoms with Crippen molar-refractivity contribution in [1.29, 1.82) is 0 Å². The topological polar surface area (TPSA) is 46.5 Å². The zero-order valence-corrected chi connectivity index (χ0v) is 9.78. The maximum absolute atomic E-state index is 10.1. The van der Waals surface area contributed by atoms with Gasteiger partial charge in [-0.3, -0.25) is 0 Å². The molecule has 1 unspecified atom stereocenters. The summed E-state index contributed by atoms with van der Waals surface area (Å²) in [5.41, 5.74) is 0. The second-order valence-electron chi connectivity index (χ2n) is 2.74. The van der Waals surface area contributed by atoms with Crippen LogP contribution in [-0.2, 0) is 9.09 Å². The van der Waals surface area contributed by atoms with Crippen molar-refractivity contribution in [3.63, 3.8) is 0 Å². The Hall–Kier alpha value is 0.370. The number of thioether (sulfide) groups is 1. The van der Waals surface area contributed by atoms with Gasteiger partial charge in [-0.25, -0.2) is 0 Å². The van der Waals surface area contributed by atoms with Gasteiger partial charge in [0.1, 0.15) is 6.61 Å². The lowest BCUT2D eigenvalue weighted by Gasteiger charge is -1.97. The minimum absolute atomic E-state index is 0.379. The fourth-order valence-electron chi connectivity index (χ4n) is 0.907. The third kappa shape index (κ3) is 12.4. The van der Waals surface area contributed by atoms with Crippen LogP contribution in [0, 0.1) is 0 Å². The molecule has 78 valence electrons. The molecule has 1 N–H and O–H groups in total. The highest BCUT2D eigenvalue weighted by Gasteiger charge is 2.09. The van der Waals surface area contributed by atoms with Crippen molar-refractivity contribution in [3.05, 3.63) is 0 Å². The van der Waals surface area contributed by atoms with Gasteiger partial charge in [0.15, 0.2) is 0 Å². The first-order valence-corrected chi connectivity index (χ1v) is 6.92. The molecule has 0 aromatic heterocycles. The first-order valence-electron chi connectivity index (χ1n) is 4.64. The predicted octanol–water partition coefficient (Wildman–Crippen LogP) is 2.97. The SMILES string of the molecule is CCCCCCSCCO[P+](=O)O. The zero-order chi connectivity index (χ0) is 9.94. The van der Waals surface area contributed by atoms with E-state index in [9.17, 15) is 4.57 Å². The summed E-state index contributed by atoms with van der Waals surface area (Å²) in [4.78, 5) is 8.30. The molecule has 0 aliphatic carbocycles. The molecule has 0 aliphatic heterocycles. The summed E-state index contributed by atoms with van der Waals surface area (Å²) in [7, 11) is -2.39. The van der Waals surface area contributed by atoms with E-state index in [4.69, 9.17) is 4.89 Å². The van der Waals surface area contributed by atoms with Crippen LogP contribution in [0.15, 0.2) is 0 Å². The van der Waals surface area contributed by atoms with Crippen LogP contribution in [0.2, 0.25) is 0 Å². The fourth-order valence-corrected chi connectivity index (χ4v) is 2.09. The van der Waals surface area contributed by atoms with Crippen LogP contribution >= 0.6 is 20.0 Å². The van der Waals surface area contributed by atoms with Crippen LogP contribution in [0.5, 0.6) is 0 Å². The quantitative estimate of drug-likeness (QED) is 0.484. The molecule has 0 aliphatic rings. The van der Waals surface area contributed by atoms with E-state index in [0.29, 0.717) is 6.61 Å². The van der Waals surface area contributed by atoms with E-state index in [1.165, 1.54) is 25.7 Å². The van der Waals surface area contributed by atoms with Crippen LogP contribution in [0.1, 0.15) is 32.6 Å². The molecule has 0 amide bonds. The van der Waals surface area contributed by atoms with Crippen molar-refractivity contribution in [2.75, 3.05) is 18.1 Å². The minimum Gasteiger partial charge on any atom is -0.159 e. The molecule has 0 saturated carbocycles. The first-order chi connectivity index (χ1) is 6.27. The van der Waals surface area contributed by atoms with Crippen LogP contribution in [0.25, 0.3) is 0 Å². The third-order valence-electron chi connectivity index (χ3n) is 1.57. The minimum atomic E-state index is -2.39. The predicted molar refractivity (Wildman–Crippen MR) is 57.2 cm³/mol. The Labute approximate surface area is 85.2 Å². The molecule has 0 rings (SSSR count). The highest BCUT2D eigenvalue weighted by atomic mass is 32.2. The molecule has 0 saturated heterocycles. The fraction of sp³-hybridized carbons (Fsp3) is 1.00. The van der Waals surface area contributed by atoms with Gasteiger partial charge in [0.2, 0.25) is 0 Å². The second kappa shape index (κ2) is 10.5. The number of hydrogen-bond donors (Lipinski definition) is 1. The molecular weight excluding hydrogens is 207 g/mol. The Morgan fingerprint density at radius 3 is 2.69 bits per heavy atom. The Balaban J connectivity index is 2.87. The summed E-state index contributed by atoms with van der Waals surface area (Å²) in [6.45, 7) is 2.57. The molecule has 0 heterocycles. The Bertz CT molecular complexity index is 133. The van der Waals surface area contributed by atoms with Crippen molar-refractivity contribution in [3.8, 4) is 0 Å². The molecule has 0 aromatic rings. The van der Waals surface area contributed by atoms with Gasteiger partial charge in [-0.1, -0.05) is 26.2 Å². The van der Waals surface area contributed by atoms with Gasteiger partial charge in [0.25, 0.3) is 0 Å². The smallest absolute Gasteiger partial charge is 0.159 e. The summed E-state index contributed by atoms with van der Waals surface area (Å²) in [6, 6.07) is 0. The highest BCUT2D eigenvalue weighted by Crippen LogP contribution is 2.15. The van der Waals surface area contributed by atoms with Crippen molar-refractivity contribution in [2.45, 2.75) is 32.6 Å². The normalized spacial score (nSPS) is 11.7. The van der Waals surface area contributed by atoms with Crippen molar-refractivity contribution in [2.24, 2.45) is 0 Å². The maximum atomic E-state index is 10.1. The van der Waals surface area contributed by atoms with E-state index in [1.807, 2.05) is 0 Å². The van der Waals surface area contributed by atoms with E-state index in [-0.39, 0.29) is 0 Å². The van der Waals surface area contributed by atoms with E-state index in [0.717, 1.165) is 11.5 Å². The van der Waals surface area contributed by atoms with Crippen molar-refractivity contribution < 1.29 is 14.0 Å². The Morgan fingerprint density at radius 1 is 1.31 bits per heavy atom. The summed E-state index contributed by atoms with van der Waals surface area (Å²) < 4.78 is 14.6. The monoisotopic (exact) mass is 225 g/mol. The van der Waals surface area contributed by atoms with E-state index in [1.54, 1.807) is 11.8 Å². The van der Waals surface area contributed by atoms with Crippen molar-refractivity contribution in [1.82, 2.24) is 0 Å². The summed E-state index contributed by atoms with van der Waals surface area (Å²) in [5.74, 6) is 1.94. The highest BCUT2D eigenvalue weighted by molar-refractivity contribution is 7.99. The van der Waals surface area contributed by atoms with Crippen LogP contribution in [0.4, 0.5) is 0 Å². The lowest BCUT2D eigenvalue weighted by Crippen LogP contribution is -1.91. The lowest BCUT2D eigenvalue weighted by atomic mass is 10.2. The molecule has 0 aromatic carbocycles. The van der Waals surface area contributed by atoms with Gasteiger partial charge >= 0.3 is 8.25 Å². The Kier molecular flexibility index (Phi) is 10.7. The molecular formula is C8H18O3PS+. The number of unbranched alkanes of at least 4 members (excludes halogenated alkanes) is 3. The molecule has 1 atom stereocenters. The molecule has 0 bridgehead atoms. The number of hydrogen-bond acceptors (Lipinski definition) is 3. The van der Waals surface area contributed by atoms with E-state index < -0.39 is 8.25 Å². The average molecular weight is 225 g/mol. The zero-order valence-electron chi connectivity index (χ0n) is 8.07. The second-order valence-corrected chi connectivity index (χ2v) is 4.70. The molecule has 0 radical (unpaired) electrons. The largest absolute Gasteiger partial charge is 0.694 e. The van der Waals surface area contributed by atoms with Crippen molar-refractivity contribution >= 4 is 20.0 Å². The van der Waals surface area contributed by atoms with Gasteiger partial charge in [0, 0.05) is 10.3 Å². The van der Waals surface area contributed by atoms with E-state index >= 15 is 0 Å². The van der Waals surface area contributed by atoms with E-state index in [2.05, 4.69) is 11.4 Å². The standard InChI is InChI=1S/C8H17O3PS/c1-2-3-4-5-7-13-8-6-11-12(9)10/h2-8H2,1H3/p+1. The van der Waals surface area contributed by atoms with Gasteiger partial charge in [-0.2, -0.15) is 11.8 Å². The average Bonchev–Trinajstić information content (AvgIpc) is 2.09. The molecule has 3 nitrogen and oxygen atoms in total. The molecule has 0 spiro atoms. The van der Waals surface area contributed by atoms with Gasteiger partial charge in [-0.15, -0.1) is 9.42 Å². The van der Waals surface area contributed by atoms with Gasteiger partial charge in [-0.05, 0) is 12.2 Å². The van der Waals surface area contributed by atoms with Crippen LogP contribution in [0.3, 0.4) is 0 Å². The Morgan fingerprint density at radius 2 is 2.08 bits per heavy atom. The first kappa shape index (κ1) is 13.4. The van der Waals surface area contributed by atoms with Crippen LogP contribution < -0.4 is 0 Å². The third-order valence-corrected chi connectivity index (χ3v) is 3.01. The summed E-state index contributed by atoms with van der Waals surface area (Å²) >= 11 is 1.78. The van der Waals surface area contributed by atoms with Gasteiger partial charge < -0.3 is 0 Å². The number of rotatable bonds is 9. The lowest BCUT2D eigenvalue weighted by molar-refractivity contribution is 0.300. The molecule has 5 heteroatoms. The summed E-state index contributed by atoms with van der Waals surface area (Å²) in [6.07, 6.45) is 5.10.